The lowest BCUT2D eigenvalue weighted by molar-refractivity contribution is -0.116. The van der Waals surface area contributed by atoms with Gasteiger partial charge >= 0.3 is 0 Å². The monoisotopic (exact) mass is 467 g/mol. The molecule has 0 saturated carbocycles. The number of thiophene rings is 1. The fourth-order valence-electron chi connectivity index (χ4n) is 4.68. The van der Waals surface area contributed by atoms with Crippen molar-refractivity contribution < 1.29 is 23.9 Å². The van der Waals surface area contributed by atoms with E-state index >= 15 is 0 Å². The molecule has 5 rings (SSSR count). The van der Waals surface area contributed by atoms with Gasteiger partial charge in [0.2, 0.25) is 5.91 Å². The van der Waals surface area contributed by atoms with Gasteiger partial charge in [0.05, 0.1) is 22.8 Å². The number of carbonyl (C=O) groups excluding carboxylic acids is 4. The summed E-state index contributed by atoms with van der Waals surface area (Å²) < 4.78 is 5.59. The number of anilines is 1. The molecule has 8 nitrogen and oxygen atoms in total. The number of rotatable bonds is 7. The number of imide groups is 1. The summed E-state index contributed by atoms with van der Waals surface area (Å²) in [6.45, 7) is 1.17. The Kier molecular flexibility index (Phi) is 5.99. The number of ether oxygens (including phenoxy) is 1. The number of hydrogen-bond donors (Lipinski definition) is 2. The predicted molar refractivity (Wildman–Crippen MR) is 123 cm³/mol. The topological polar surface area (TPSA) is 105 Å². The van der Waals surface area contributed by atoms with E-state index in [1.54, 1.807) is 24.3 Å². The standard InChI is InChI=1S/C24H25N3O5S/c28-19(10-11-27-23(30)15-6-1-2-7-16(15)24(27)31)26-22-20(17-8-3-9-18(17)33-22)21(29)25-13-14-5-4-12-32-14/h1-2,6-7,14H,3-5,8-13H2,(H,25,29)(H,26,28)/t14-/m1/s1. The molecule has 1 aromatic heterocycles. The maximum absolute atomic E-state index is 13.0. The van der Waals surface area contributed by atoms with Crippen LogP contribution in [-0.4, -0.2) is 54.3 Å². The molecule has 0 unspecified atom stereocenters. The minimum absolute atomic E-state index is 0.0101. The SMILES string of the molecule is O=C(CCN1C(=O)c2ccccc2C1=O)Nc1sc2c(c1C(=O)NC[C@H]1CCCO1)CCC2. The van der Waals surface area contributed by atoms with E-state index in [9.17, 15) is 19.2 Å². The van der Waals surface area contributed by atoms with Crippen molar-refractivity contribution in [1.29, 1.82) is 0 Å². The second-order valence-electron chi connectivity index (χ2n) is 8.51. The fourth-order valence-corrected chi connectivity index (χ4v) is 5.98. The highest BCUT2D eigenvalue weighted by Crippen LogP contribution is 2.39. The molecule has 1 aliphatic carbocycles. The van der Waals surface area contributed by atoms with Crippen LogP contribution in [0.2, 0.25) is 0 Å². The van der Waals surface area contributed by atoms with Gasteiger partial charge in [-0.2, -0.15) is 0 Å². The highest BCUT2D eigenvalue weighted by molar-refractivity contribution is 7.17. The van der Waals surface area contributed by atoms with Crippen molar-refractivity contribution in [3.63, 3.8) is 0 Å². The van der Waals surface area contributed by atoms with E-state index in [2.05, 4.69) is 10.6 Å². The zero-order valence-corrected chi connectivity index (χ0v) is 19.0. The second kappa shape index (κ2) is 9.07. The van der Waals surface area contributed by atoms with E-state index in [0.717, 1.165) is 54.1 Å². The van der Waals surface area contributed by atoms with Gasteiger partial charge in [-0.15, -0.1) is 11.3 Å². The lowest BCUT2D eigenvalue weighted by atomic mass is 10.1. The first-order valence-electron chi connectivity index (χ1n) is 11.3. The molecule has 3 heterocycles. The quantitative estimate of drug-likeness (QED) is 0.610. The van der Waals surface area contributed by atoms with Gasteiger partial charge in [-0.05, 0) is 49.8 Å². The third-order valence-electron chi connectivity index (χ3n) is 6.36. The van der Waals surface area contributed by atoms with Crippen LogP contribution in [0.1, 0.15) is 67.2 Å². The normalized spacial score (nSPS) is 19.0. The maximum atomic E-state index is 13.0. The molecule has 0 bridgehead atoms. The van der Waals surface area contributed by atoms with Gasteiger partial charge in [-0.1, -0.05) is 12.1 Å². The van der Waals surface area contributed by atoms with Crippen molar-refractivity contribution in [2.75, 3.05) is 25.0 Å². The number of carbonyl (C=O) groups is 4. The summed E-state index contributed by atoms with van der Waals surface area (Å²) in [6.07, 6.45) is 4.66. The maximum Gasteiger partial charge on any atom is 0.261 e. The van der Waals surface area contributed by atoms with Gasteiger partial charge in [0.15, 0.2) is 0 Å². The van der Waals surface area contributed by atoms with E-state index in [1.807, 2.05) is 0 Å². The number of amides is 4. The molecule has 172 valence electrons. The molecule has 3 aliphatic rings. The van der Waals surface area contributed by atoms with Crippen LogP contribution in [0.15, 0.2) is 24.3 Å². The van der Waals surface area contributed by atoms with Crippen molar-refractivity contribution in [3.8, 4) is 0 Å². The number of nitrogens with one attached hydrogen (secondary N) is 2. The molecule has 1 fully saturated rings. The van der Waals surface area contributed by atoms with Gasteiger partial charge in [-0.3, -0.25) is 24.1 Å². The number of hydrogen-bond acceptors (Lipinski definition) is 6. The van der Waals surface area contributed by atoms with Crippen LogP contribution >= 0.6 is 11.3 Å². The number of nitrogens with zero attached hydrogens (tertiary/aromatic N) is 1. The Morgan fingerprint density at radius 2 is 1.85 bits per heavy atom. The van der Waals surface area contributed by atoms with Crippen LogP contribution in [0, 0.1) is 0 Å². The Balaban J connectivity index is 1.24. The average Bonchev–Trinajstić information content (AvgIpc) is 3.58. The Labute approximate surface area is 195 Å². The van der Waals surface area contributed by atoms with Crippen LogP contribution in [0.25, 0.3) is 0 Å². The first-order valence-corrected chi connectivity index (χ1v) is 12.1. The largest absolute Gasteiger partial charge is 0.376 e. The molecule has 2 aliphatic heterocycles. The van der Waals surface area contributed by atoms with Crippen molar-refractivity contribution >= 4 is 40.0 Å². The summed E-state index contributed by atoms with van der Waals surface area (Å²) in [5.74, 6) is -1.29. The molecule has 33 heavy (non-hydrogen) atoms. The smallest absolute Gasteiger partial charge is 0.261 e. The van der Waals surface area contributed by atoms with E-state index in [4.69, 9.17) is 4.74 Å². The van der Waals surface area contributed by atoms with Gasteiger partial charge in [-0.25, -0.2) is 0 Å². The lowest BCUT2D eigenvalue weighted by Crippen LogP contribution is -2.33. The highest BCUT2D eigenvalue weighted by atomic mass is 32.1. The Bertz CT molecular complexity index is 1100. The van der Waals surface area contributed by atoms with Crippen LogP contribution < -0.4 is 10.6 Å². The fraction of sp³-hybridized carbons (Fsp3) is 0.417. The minimum atomic E-state index is -0.382. The molecule has 0 radical (unpaired) electrons. The van der Waals surface area contributed by atoms with Crippen molar-refractivity contribution in [1.82, 2.24) is 10.2 Å². The summed E-state index contributed by atoms with van der Waals surface area (Å²) in [5.41, 5.74) is 2.28. The van der Waals surface area contributed by atoms with Gasteiger partial charge < -0.3 is 15.4 Å². The van der Waals surface area contributed by atoms with E-state index in [0.29, 0.717) is 28.2 Å². The van der Waals surface area contributed by atoms with E-state index in [1.165, 1.54) is 11.3 Å². The minimum Gasteiger partial charge on any atom is -0.376 e. The molecule has 1 saturated heterocycles. The van der Waals surface area contributed by atoms with Crippen LogP contribution in [0.4, 0.5) is 5.00 Å². The van der Waals surface area contributed by atoms with Gasteiger partial charge in [0.25, 0.3) is 17.7 Å². The first kappa shape index (κ1) is 21.8. The van der Waals surface area contributed by atoms with Gasteiger partial charge in [0.1, 0.15) is 5.00 Å². The lowest BCUT2D eigenvalue weighted by Gasteiger charge is -2.14. The first-order chi connectivity index (χ1) is 16.0. The van der Waals surface area contributed by atoms with Crippen molar-refractivity contribution in [3.05, 3.63) is 51.4 Å². The van der Waals surface area contributed by atoms with Crippen LogP contribution in [0.3, 0.4) is 0 Å². The molecule has 2 aromatic rings. The third kappa shape index (κ3) is 4.18. The molecular weight excluding hydrogens is 442 g/mol. The Morgan fingerprint density at radius 1 is 1.09 bits per heavy atom. The van der Waals surface area contributed by atoms with E-state index < -0.39 is 0 Å². The van der Waals surface area contributed by atoms with Crippen LogP contribution in [-0.2, 0) is 22.4 Å². The number of aryl methyl sites for hydroxylation is 1. The second-order valence-corrected chi connectivity index (χ2v) is 9.62. The van der Waals surface area contributed by atoms with Crippen molar-refractivity contribution in [2.24, 2.45) is 0 Å². The summed E-state index contributed by atoms with van der Waals surface area (Å²) in [6, 6.07) is 6.65. The third-order valence-corrected chi connectivity index (χ3v) is 7.56. The molecule has 9 heteroatoms. The summed E-state index contributed by atoms with van der Waals surface area (Å²) in [5, 5.41) is 6.36. The summed E-state index contributed by atoms with van der Waals surface area (Å²) in [7, 11) is 0. The Hall–Kier alpha value is -3.04. The zero-order chi connectivity index (χ0) is 22.9. The Morgan fingerprint density at radius 3 is 2.55 bits per heavy atom. The van der Waals surface area contributed by atoms with E-state index in [-0.39, 0.29) is 42.7 Å². The highest BCUT2D eigenvalue weighted by Gasteiger charge is 2.35. The molecular formula is C24H25N3O5S. The molecule has 0 spiro atoms. The molecule has 1 aromatic carbocycles. The summed E-state index contributed by atoms with van der Waals surface area (Å²) >= 11 is 1.44. The number of fused-ring (bicyclic) bond motifs is 2. The predicted octanol–water partition coefficient (Wildman–Crippen LogP) is 2.77. The van der Waals surface area contributed by atoms with Crippen molar-refractivity contribution in [2.45, 2.75) is 44.6 Å². The number of benzene rings is 1. The summed E-state index contributed by atoms with van der Waals surface area (Å²) in [4.78, 5) is 53.0. The average molecular weight is 468 g/mol. The molecule has 4 amide bonds. The molecule has 1 atom stereocenters. The van der Waals surface area contributed by atoms with Crippen LogP contribution in [0.5, 0.6) is 0 Å². The van der Waals surface area contributed by atoms with Gasteiger partial charge in [0, 0.05) is 31.0 Å². The zero-order valence-electron chi connectivity index (χ0n) is 18.1. The molecule has 2 N–H and O–H groups in total.